The fraction of sp³-hybridized carbons (Fsp3) is 0.680. The molecule has 0 unspecified atom stereocenters. The van der Waals surface area contributed by atoms with Crippen LogP contribution in [-0.2, 0) is 9.53 Å². The normalized spacial score (nSPS) is 26.0. The van der Waals surface area contributed by atoms with E-state index in [9.17, 15) is 14.7 Å². The third-order valence-corrected chi connectivity index (χ3v) is 7.32. The van der Waals surface area contributed by atoms with Gasteiger partial charge < -0.3 is 19.6 Å². The number of carbonyl (C=O) groups is 2. The molecule has 4 rings (SSSR count). The van der Waals surface area contributed by atoms with E-state index >= 15 is 4.39 Å². The summed E-state index contributed by atoms with van der Waals surface area (Å²) in [6, 6.07) is 5.24. The molecule has 32 heavy (non-hydrogen) atoms. The maximum absolute atomic E-state index is 15.1. The fourth-order valence-electron chi connectivity index (χ4n) is 5.36. The van der Waals surface area contributed by atoms with Gasteiger partial charge in [-0.3, -0.25) is 4.79 Å². The predicted molar refractivity (Wildman–Crippen MR) is 120 cm³/mol. The molecule has 0 atom stereocenters. The van der Waals surface area contributed by atoms with Crippen molar-refractivity contribution in [1.82, 2.24) is 4.90 Å². The topological polar surface area (TPSA) is 70.1 Å². The lowest BCUT2D eigenvalue weighted by molar-refractivity contribution is -0.128. The number of aliphatic hydroxyl groups excluding tert-OH is 1. The number of benzene rings is 1. The molecule has 2 amide bonds. The first kappa shape index (κ1) is 23.0. The van der Waals surface area contributed by atoms with Gasteiger partial charge in [-0.05, 0) is 89.3 Å². The molecule has 0 bridgehead atoms. The van der Waals surface area contributed by atoms with E-state index in [0.717, 1.165) is 31.2 Å². The maximum atomic E-state index is 15.1. The van der Waals surface area contributed by atoms with Gasteiger partial charge in [0, 0.05) is 19.6 Å². The van der Waals surface area contributed by atoms with Gasteiger partial charge in [0.25, 0.3) is 0 Å². The average Bonchev–Trinajstić information content (AvgIpc) is 3.03. The first-order valence-electron chi connectivity index (χ1n) is 11.9. The van der Waals surface area contributed by atoms with Crippen molar-refractivity contribution in [2.45, 2.75) is 83.3 Å². The molecule has 7 heteroatoms. The smallest absolute Gasteiger partial charge is 0.410 e. The van der Waals surface area contributed by atoms with Crippen LogP contribution in [0.1, 0.15) is 77.2 Å². The van der Waals surface area contributed by atoms with E-state index < -0.39 is 11.0 Å². The Morgan fingerprint density at radius 1 is 1.09 bits per heavy atom. The number of hydrogen-bond acceptors (Lipinski definition) is 4. The van der Waals surface area contributed by atoms with E-state index in [4.69, 9.17) is 4.74 Å². The summed E-state index contributed by atoms with van der Waals surface area (Å²) in [6.45, 7) is 6.97. The van der Waals surface area contributed by atoms with E-state index in [0.29, 0.717) is 44.6 Å². The Morgan fingerprint density at radius 2 is 1.72 bits per heavy atom. The zero-order valence-electron chi connectivity index (χ0n) is 19.4. The van der Waals surface area contributed by atoms with Gasteiger partial charge in [0.2, 0.25) is 5.91 Å². The zero-order chi connectivity index (χ0) is 23.1. The minimum Gasteiger partial charge on any atom is -0.444 e. The van der Waals surface area contributed by atoms with Gasteiger partial charge in [-0.1, -0.05) is 6.07 Å². The molecule has 1 aliphatic carbocycles. The number of amides is 2. The summed E-state index contributed by atoms with van der Waals surface area (Å²) in [6.07, 6.45) is 4.47. The van der Waals surface area contributed by atoms with Crippen LogP contribution in [0.3, 0.4) is 0 Å². The zero-order valence-corrected chi connectivity index (χ0v) is 19.4. The molecule has 176 valence electrons. The summed E-state index contributed by atoms with van der Waals surface area (Å²) < 4.78 is 20.5. The van der Waals surface area contributed by atoms with Gasteiger partial charge in [0.1, 0.15) is 11.4 Å². The van der Waals surface area contributed by atoms with E-state index in [1.54, 1.807) is 21.9 Å². The molecule has 3 fully saturated rings. The number of halogens is 1. The van der Waals surface area contributed by atoms with Crippen molar-refractivity contribution in [1.29, 1.82) is 0 Å². The Hall–Kier alpha value is -2.15. The second-order valence-electron chi connectivity index (χ2n) is 10.7. The van der Waals surface area contributed by atoms with Crippen LogP contribution in [0.5, 0.6) is 0 Å². The molecule has 2 saturated heterocycles. The molecular weight excluding hydrogens is 411 g/mol. The quantitative estimate of drug-likeness (QED) is 0.721. The maximum Gasteiger partial charge on any atom is 0.410 e. The van der Waals surface area contributed by atoms with Gasteiger partial charge in [-0.25, -0.2) is 9.18 Å². The monoisotopic (exact) mass is 446 g/mol. The van der Waals surface area contributed by atoms with Crippen LogP contribution in [0.25, 0.3) is 0 Å². The SMILES string of the molecule is CC(C)(C)OC(=O)N1CCC2(CC1)CCN(c1ccc(C3CCC(O)CC3)cc1F)C2=O. The molecular formula is C25H35FN2O4. The van der Waals surface area contributed by atoms with Gasteiger partial charge >= 0.3 is 6.09 Å². The molecule has 1 saturated carbocycles. The lowest BCUT2D eigenvalue weighted by Crippen LogP contribution is -2.48. The Morgan fingerprint density at radius 3 is 2.31 bits per heavy atom. The number of ether oxygens (including phenoxy) is 1. The highest BCUT2D eigenvalue weighted by Crippen LogP contribution is 2.44. The number of likely N-dealkylation sites (tertiary alicyclic amines) is 1. The van der Waals surface area contributed by atoms with Gasteiger partial charge in [-0.15, -0.1) is 0 Å². The van der Waals surface area contributed by atoms with Crippen molar-refractivity contribution in [3.63, 3.8) is 0 Å². The van der Waals surface area contributed by atoms with Crippen LogP contribution < -0.4 is 4.90 Å². The van der Waals surface area contributed by atoms with Crippen LogP contribution in [-0.4, -0.2) is 53.3 Å². The number of aliphatic hydroxyl groups is 1. The summed E-state index contributed by atoms with van der Waals surface area (Å²) >= 11 is 0. The fourth-order valence-corrected chi connectivity index (χ4v) is 5.36. The van der Waals surface area contributed by atoms with E-state index in [1.165, 1.54) is 0 Å². The second kappa shape index (κ2) is 8.65. The number of rotatable bonds is 2. The molecule has 2 aliphatic heterocycles. The molecule has 1 N–H and O–H groups in total. The lowest BCUT2D eigenvalue weighted by atomic mass is 9.77. The lowest BCUT2D eigenvalue weighted by Gasteiger charge is -2.38. The van der Waals surface area contributed by atoms with Crippen LogP contribution in [0.15, 0.2) is 18.2 Å². The predicted octanol–water partition coefficient (Wildman–Crippen LogP) is 4.60. The number of anilines is 1. The van der Waals surface area contributed by atoms with E-state index in [-0.39, 0.29) is 29.8 Å². The third-order valence-electron chi connectivity index (χ3n) is 7.32. The van der Waals surface area contributed by atoms with Gasteiger partial charge in [-0.2, -0.15) is 0 Å². The van der Waals surface area contributed by atoms with E-state index in [2.05, 4.69) is 0 Å². The summed E-state index contributed by atoms with van der Waals surface area (Å²) in [5.41, 5.74) is 0.224. The van der Waals surface area contributed by atoms with Crippen LogP contribution in [0.2, 0.25) is 0 Å². The Balaban J connectivity index is 1.41. The third kappa shape index (κ3) is 4.63. The van der Waals surface area contributed by atoms with Gasteiger partial charge in [0.15, 0.2) is 0 Å². The minimum atomic E-state index is -0.548. The Labute approximate surface area is 189 Å². The molecule has 0 aromatic heterocycles. The molecule has 6 nitrogen and oxygen atoms in total. The van der Waals surface area contributed by atoms with Crippen molar-refractivity contribution in [3.8, 4) is 0 Å². The van der Waals surface area contributed by atoms with Gasteiger partial charge in [0.05, 0.1) is 17.2 Å². The highest BCUT2D eigenvalue weighted by molar-refractivity contribution is 6.00. The summed E-state index contributed by atoms with van der Waals surface area (Å²) in [5, 5.41) is 9.72. The highest BCUT2D eigenvalue weighted by Gasteiger charge is 2.49. The average molecular weight is 447 g/mol. The van der Waals surface area contributed by atoms with Crippen molar-refractivity contribution in [3.05, 3.63) is 29.6 Å². The van der Waals surface area contributed by atoms with Crippen LogP contribution >= 0.6 is 0 Å². The molecule has 1 aromatic rings. The Kier molecular flexibility index (Phi) is 6.23. The highest BCUT2D eigenvalue weighted by atomic mass is 19.1. The standard InChI is InChI=1S/C25H35FN2O4/c1-24(2,3)32-23(31)27-13-10-25(11-14-27)12-15-28(22(25)30)21-9-6-18(16-20(21)26)17-4-7-19(29)8-5-17/h6,9,16-17,19,29H,4-5,7-8,10-15H2,1-3H3. The number of nitrogens with zero attached hydrogens (tertiary/aromatic N) is 2. The van der Waals surface area contributed by atoms with E-state index in [1.807, 2.05) is 26.8 Å². The second-order valence-corrected chi connectivity index (χ2v) is 10.7. The van der Waals surface area contributed by atoms with Crippen molar-refractivity contribution < 1.29 is 23.8 Å². The molecule has 3 aliphatic rings. The number of carbonyl (C=O) groups excluding carboxylic acids is 2. The van der Waals surface area contributed by atoms with Crippen LogP contribution in [0, 0.1) is 11.2 Å². The molecule has 0 radical (unpaired) electrons. The van der Waals surface area contributed by atoms with Crippen molar-refractivity contribution >= 4 is 17.7 Å². The first-order valence-corrected chi connectivity index (χ1v) is 11.9. The van der Waals surface area contributed by atoms with Crippen LogP contribution in [0.4, 0.5) is 14.9 Å². The number of piperidine rings is 1. The first-order chi connectivity index (χ1) is 15.1. The summed E-state index contributed by atoms with van der Waals surface area (Å²) in [7, 11) is 0. The number of hydrogen-bond donors (Lipinski definition) is 1. The summed E-state index contributed by atoms with van der Waals surface area (Å²) in [5.74, 6) is -0.126. The minimum absolute atomic E-state index is 0.0335. The van der Waals surface area contributed by atoms with Crippen molar-refractivity contribution in [2.75, 3.05) is 24.5 Å². The molecule has 1 aromatic carbocycles. The Bertz CT molecular complexity index is 865. The molecule has 2 heterocycles. The van der Waals surface area contributed by atoms with Crippen molar-refractivity contribution in [2.24, 2.45) is 5.41 Å². The largest absolute Gasteiger partial charge is 0.444 e. The summed E-state index contributed by atoms with van der Waals surface area (Å²) in [4.78, 5) is 29.0. The molecule has 1 spiro atoms.